The smallest absolute Gasteiger partial charge is 0.261 e. The van der Waals surface area contributed by atoms with E-state index >= 15 is 0 Å². The van der Waals surface area contributed by atoms with Crippen LogP contribution in [0, 0.1) is 0 Å². The van der Waals surface area contributed by atoms with E-state index in [0.717, 1.165) is 42.8 Å². The molecule has 2 heterocycles. The summed E-state index contributed by atoms with van der Waals surface area (Å²) in [5, 5.41) is 8.06. The van der Waals surface area contributed by atoms with Gasteiger partial charge in [-0.2, -0.15) is 4.98 Å². The summed E-state index contributed by atoms with van der Waals surface area (Å²) < 4.78 is 17.0. The molecule has 0 bridgehead atoms. The minimum Gasteiger partial charge on any atom is -0.497 e. The molecule has 1 N–H and O–H groups in total. The van der Waals surface area contributed by atoms with Gasteiger partial charge in [0.2, 0.25) is 0 Å². The molecule has 0 saturated carbocycles. The van der Waals surface area contributed by atoms with Gasteiger partial charge in [-0.25, -0.2) is 0 Å². The highest BCUT2D eigenvalue weighted by Crippen LogP contribution is 2.33. The molecule has 0 amide bonds. The minimum atomic E-state index is 0.167. The Morgan fingerprint density at radius 2 is 2.04 bits per heavy atom. The molecule has 1 saturated heterocycles. The summed E-state index contributed by atoms with van der Waals surface area (Å²) >= 11 is 6.21. The Balaban J connectivity index is 1.56. The van der Waals surface area contributed by atoms with Crippen LogP contribution >= 0.6 is 11.6 Å². The van der Waals surface area contributed by atoms with E-state index in [1.807, 2.05) is 36.4 Å². The van der Waals surface area contributed by atoms with E-state index in [0.29, 0.717) is 28.9 Å². The van der Waals surface area contributed by atoms with Crippen LogP contribution in [0.4, 0.5) is 0 Å². The fourth-order valence-corrected chi connectivity index (χ4v) is 3.44. The number of ether oxygens (including phenoxy) is 2. The number of piperidine rings is 1. The Kier molecular flexibility index (Phi) is 5.78. The lowest BCUT2D eigenvalue weighted by molar-refractivity contribution is 0.163. The van der Waals surface area contributed by atoms with Crippen LogP contribution in [0.2, 0.25) is 5.02 Å². The maximum absolute atomic E-state index is 6.21. The van der Waals surface area contributed by atoms with E-state index in [1.54, 1.807) is 13.2 Å². The third kappa shape index (κ3) is 4.46. The van der Waals surface area contributed by atoms with Crippen LogP contribution in [0.3, 0.4) is 0 Å². The monoisotopic (exact) mass is 399 g/mol. The van der Waals surface area contributed by atoms with Gasteiger partial charge in [-0.15, -0.1) is 0 Å². The van der Waals surface area contributed by atoms with Crippen LogP contribution < -0.4 is 14.8 Å². The van der Waals surface area contributed by atoms with Crippen LogP contribution in [0.25, 0.3) is 11.5 Å². The highest BCUT2D eigenvalue weighted by molar-refractivity contribution is 6.30. The van der Waals surface area contributed by atoms with E-state index in [2.05, 4.69) is 15.5 Å². The Hall–Kier alpha value is -2.57. The van der Waals surface area contributed by atoms with Crippen molar-refractivity contribution in [3.63, 3.8) is 0 Å². The number of nitrogens with one attached hydrogen (secondary N) is 1. The first-order valence-corrected chi connectivity index (χ1v) is 9.72. The molecule has 146 valence electrons. The van der Waals surface area contributed by atoms with Crippen molar-refractivity contribution in [1.82, 2.24) is 15.5 Å². The molecular formula is C21H22ClN3O3. The van der Waals surface area contributed by atoms with Crippen molar-refractivity contribution in [1.29, 1.82) is 0 Å². The predicted octanol–water partition coefficient (Wildman–Crippen LogP) is 4.12. The second-order valence-corrected chi connectivity index (χ2v) is 7.19. The molecule has 0 atom stereocenters. The van der Waals surface area contributed by atoms with E-state index in [1.165, 1.54) is 0 Å². The van der Waals surface area contributed by atoms with Crippen molar-refractivity contribution >= 4 is 11.6 Å². The van der Waals surface area contributed by atoms with Crippen LogP contribution in [0.15, 0.2) is 47.0 Å². The van der Waals surface area contributed by atoms with Crippen LogP contribution in [-0.4, -0.2) is 36.4 Å². The first-order chi connectivity index (χ1) is 13.7. The minimum absolute atomic E-state index is 0.167. The fourth-order valence-electron chi connectivity index (χ4n) is 3.27. The van der Waals surface area contributed by atoms with Crippen molar-refractivity contribution < 1.29 is 14.0 Å². The fraction of sp³-hybridized carbons (Fsp3) is 0.333. The second-order valence-electron chi connectivity index (χ2n) is 6.75. The number of rotatable bonds is 6. The summed E-state index contributed by atoms with van der Waals surface area (Å²) in [7, 11) is 1.65. The zero-order valence-corrected chi connectivity index (χ0v) is 16.4. The van der Waals surface area contributed by atoms with E-state index in [-0.39, 0.29) is 6.10 Å². The summed E-state index contributed by atoms with van der Waals surface area (Å²) in [6.07, 6.45) is 2.64. The zero-order valence-electron chi connectivity index (χ0n) is 15.7. The maximum atomic E-state index is 6.21. The van der Waals surface area contributed by atoms with Gasteiger partial charge in [0.1, 0.15) is 17.6 Å². The number of halogens is 1. The highest BCUT2D eigenvalue weighted by Gasteiger charge is 2.20. The molecule has 0 spiro atoms. The van der Waals surface area contributed by atoms with Crippen LogP contribution in [-0.2, 0) is 6.42 Å². The molecule has 2 aromatic carbocycles. The van der Waals surface area contributed by atoms with Crippen molar-refractivity contribution in [2.75, 3.05) is 20.2 Å². The Bertz CT molecular complexity index is 938. The lowest BCUT2D eigenvalue weighted by Crippen LogP contribution is -2.34. The largest absolute Gasteiger partial charge is 0.497 e. The lowest BCUT2D eigenvalue weighted by atomic mass is 10.1. The van der Waals surface area contributed by atoms with Crippen LogP contribution in [0.1, 0.15) is 24.2 Å². The Morgan fingerprint density at radius 1 is 1.18 bits per heavy atom. The van der Waals surface area contributed by atoms with Gasteiger partial charge in [-0.3, -0.25) is 0 Å². The molecule has 0 unspecified atom stereocenters. The number of hydrogen-bond acceptors (Lipinski definition) is 6. The van der Waals surface area contributed by atoms with E-state index in [4.69, 9.17) is 25.6 Å². The van der Waals surface area contributed by atoms with Gasteiger partial charge >= 0.3 is 0 Å². The number of hydrogen-bond donors (Lipinski definition) is 1. The highest BCUT2D eigenvalue weighted by atomic mass is 35.5. The Labute approximate surface area is 168 Å². The quantitative estimate of drug-likeness (QED) is 0.672. The maximum Gasteiger partial charge on any atom is 0.261 e. The summed E-state index contributed by atoms with van der Waals surface area (Å²) in [6.45, 7) is 1.91. The predicted molar refractivity (Wildman–Crippen MR) is 107 cm³/mol. The average Bonchev–Trinajstić information content (AvgIpc) is 3.18. The Morgan fingerprint density at radius 3 is 2.86 bits per heavy atom. The standard InChI is InChI=1S/C21H22ClN3O3/c1-26-17-4-2-3-14(11-17)12-20-24-21(28-25-20)18-13-15(22)5-6-19(18)27-16-7-9-23-10-8-16/h2-6,11,13,16,23H,7-10,12H2,1H3. The van der Waals surface area contributed by atoms with E-state index in [9.17, 15) is 0 Å². The normalized spacial score (nSPS) is 14.8. The van der Waals surface area contributed by atoms with Crippen molar-refractivity contribution in [2.24, 2.45) is 0 Å². The number of benzene rings is 2. The third-order valence-electron chi connectivity index (χ3n) is 4.72. The van der Waals surface area contributed by atoms with Gasteiger partial charge in [-0.05, 0) is 61.8 Å². The average molecular weight is 400 g/mol. The van der Waals surface area contributed by atoms with Crippen molar-refractivity contribution in [3.8, 4) is 23.0 Å². The van der Waals surface area contributed by atoms with Gasteiger partial charge in [0.15, 0.2) is 5.82 Å². The number of nitrogens with zero attached hydrogens (tertiary/aromatic N) is 2. The van der Waals surface area contributed by atoms with Gasteiger partial charge in [0.05, 0.1) is 12.7 Å². The van der Waals surface area contributed by atoms with Crippen molar-refractivity contribution in [2.45, 2.75) is 25.4 Å². The summed E-state index contributed by atoms with van der Waals surface area (Å²) in [5.74, 6) is 2.52. The molecule has 0 aliphatic carbocycles. The number of aromatic nitrogens is 2. The molecule has 0 radical (unpaired) electrons. The second kappa shape index (κ2) is 8.63. The topological polar surface area (TPSA) is 69.4 Å². The molecule has 1 aromatic heterocycles. The zero-order chi connectivity index (χ0) is 19.3. The molecule has 4 rings (SSSR count). The van der Waals surface area contributed by atoms with Gasteiger partial charge < -0.3 is 19.3 Å². The molecule has 3 aromatic rings. The molecule has 1 aliphatic rings. The molecule has 7 heteroatoms. The molecular weight excluding hydrogens is 378 g/mol. The SMILES string of the molecule is COc1cccc(Cc2noc(-c3cc(Cl)ccc3OC3CCNCC3)n2)c1. The van der Waals surface area contributed by atoms with Gasteiger partial charge in [-0.1, -0.05) is 28.9 Å². The first kappa shape index (κ1) is 18.8. The van der Waals surface area contributed by atoms with E-state index < -0.39 is 0 Å². The van der Waals surface area contributed by atoms with Crippen molar-refractivity contribution in [3.05, 3.63) is 58.9 Å². The summed E-state index contributed by atoms with van der Waals surface area (Å²) in [5.41, 5.74) is 1.76. The number of methoxy groups -OCH3 is 1. The lowest BCUT2D eigenvalue weighted by Gasteiger charge is -2.24. The molecule has 1 fully saturated rings. The molecule has 1 aliphatic heterocycles. The van der Waals surface area contributed by atoms with Gasteiger partial charge in [0.25, 0.3) is 5.89 Å². The first-order valence-electron chi connectivity index (χ1n) is 9.34. The molecule has 28 heavy (non-hydrogen) atoms. The van der Waals surface area contributed by atoms with Crippen LogP contribution in [0.5, 0.6) is 11.5 Å². The summed E-state index contributed by atoms with van der Waals surface area (Å²) in [4.78, 5) is 4.56. The summed E-state index contributed by atoms with van der Waals surface area (Å²) in [6, 6.07) is 13.3. The van der Waals surface area contributed by atoms with Gasteiger partial charge in [0, 0.05) is 11.4 Å². The molecule has 6 nitrogen and oxygen atoms in total. The third-order valence-corrected chi connectivity index (χ3v) is 4.95.